The van der Waals surface area contributed by atoms with E-state index in [9.17, 15) is 24.9 Å². The predicted octanol–water partition coefficient (Wildman–Crippen LogP) is 6.12. The Kier molecular flexibility index (Phi) is 9.41. The number of rotatable bonds is 10. The Labute approximate surface area is 243 Å². The first kappa shape index (κ1) is 29.3. The number of hydrogen-bond acceptors (Lipinski definition) is 5. The molecule has 3 N–H and O–H groups in total. The zero-order chi connectivity index (χ0) is 28.9. The summed E-state index contributed by atoms with van der Waals surface area (Å²) >= 11 is 0. The van der Waals surface area contributed by atoms with Gasteiger partial charge in [0.25, 0.3) is 0 Å². The Bertz CT molecular complexity index is 1280. The molecule has 0 unspecified atom stereocenters. The summed E-state index contributed by atoms with van der Waals surface area (Å²) in [6, 6.07) is 17.0. The molecule has 2 amide bonds. The van der Waals surface area contributed by atoms with E-state index in [2.05, 4.69) is 13.0 Å². The van der Waals surface area contributed by atoms with Crippen molar-refractivity contribution in [3.05, 3.63) is 76.9 Å². The molecule has 1 saturated carbocycles. The number of likely N-dealkylation sites (tertiary alicyclic amines) is 1. The largest absolute Gasteiger partial charge is 0.508 e. The van der Waals surface area contributed by atoms with Gasteiger partial charge in [0.2, 0.25) is 11.8 Å². The first-order valence-corrected chi connectivity index (χ1v) is 15.4. The van der Waals surface area contributed by atoms with Gasteiger partial charge in [0.05, 0.1) is 24.5 Å². The van der Waals surface area contributed by atoms with Crippen LogP contribution >= 0.6 is 0 Å². The lowest BCUT2D eigenvalue weighted by Gasteiger charge is -2.36. The average molecular weight is 558 g/mol. The SMILES string of the molecule is CCCC1=C([C@H](O)CC/C(=C/c2ccc(O)cc2)c2ccccc2)[C@H](CO)[C@@H]2C(=O)N(C3CCCCC3)C(=O)[C@@H]2C1. The summed E-state index contributed by atoms with van der Waals surface area (Å²) in [5, 5.41) is 32.1. The van der Waals surface area contributed by atoms with Crippen molar-refractivity contribution in [2.75, 3.05) is 6.61 Å². The molecule has 2 aromatic carbocycles. The van der Waals surface area contributed by atoms with Gasteiger partial charge in [-0.05, 0) is 72.9 Å². The summed E-state index contributed by atoms with van der Waals surface area (Å²) in [4.78, 5) is 29.0. The second kappa shape index (κ2) is 13.2. The number of carbonyl (C=O) groups excluding carboxylic acids is 2. The Balaban J connectivity index is 1.41. The normalized spacial score (nSPS) is 24.6. The molecule has 0 aromatic heterocycles. The number of phenolic OH excluding ortho intramolecular Hbond substituents is 1. The van der Waals surface area contributed by atoms with Gasteiger partial charge in [0.1, 0.15) is 5.75 Å². The van der Waals surface area contributed by atoms with E-state index in [-0.39, 0.29) is 30.2 Å². The maximum absolute atomic E-state index is 13.8. The fourth-order valence-electron chi connectivity index (χ4n) is 7.39. The fourth-order valence-corrected chi connectivity index (χ4v) is 7.39. The van der Waals surface area contributed by atoms with Crippen LogP contribution in [0.5, 0.6) is 5.75 Å². The van der Waals surface area contributed by atoms with E-state index in [4.69, 9.17) is 0 Å². The van der Waals surface area contributed by atoms with Crippen LogP contribution in [0.3, 0.4) is 0 Å². The molecule has 2 aromatic rings. The molecule has 1 heterocycles. The van der Waals surface area contributed by atoms with Gasteiger partial charge in [-0.25, -0.2) is 0 Å². The van der Waals surface area contributed by atoms with E-state index in [0.29, 0.717) is 19.3 Å². The summed E-state index contributed by atoms with van der Waals surface area (Å²) in [5.74, 6) is -1.59. The van der Waals surface area contributed by atoms with Crippen LogP contribution in [0.2, 0.25) is 0 Å². The number of nitrogens with zero attached hydrogens (tertiary/aromatic N) is 1. The number of imide groups is 1. The standard InChI is InChI=1S/C35H43NO5/c1-2-9-26-21-29-33(35(41)36(34(29)40)27-12-7-4-8-13-27)30(22-37)32(26)31(39)19-16-25(24-10-5-3-6-11-24)20-23-14-17-28(38)18-15-23/h3,5-6,10-11,14-15,17-18,20,27,29-31,33,37-39H,2,4,7-9,12-13,16,19,21-22H2,1H3/b25-20-/t29-,30+,31-,33-/m1/s1. The summed E-state index contributed by atoms with van der Waals surface area (Å²) in [6.07, 6.45) is 9.30. The quantitative estimate of drug-likeness (QED) is 0.186. The molecular formula is C35H43NO5. The highest BCUT2D eigenvalue weighted by molar-refractivity contribution is 6.06. The minimum Gasteiger partial charge on any atom is -0.508 e. The predicted molar refractivity (Wildman–Crippen MR) is 160 cm³/mol. The van der Waals surface area contributed by atoms with Crippen molar-refractivity contribution < 1.29 is 24.9 Å². The number of aliphatic hydroxyl groups is 2. The van der Waals surface area contributed by atoms with Gasteiger partial charge in [-0.15, -0.1) is 0 Å². The molecular weight excluding hydrogens is 514 g/mol. The first-order chi connectivity index (χ1) is 19.9. The van der Waals surface area contributed by atoms with Crippen molar-refractivity contribution in [2.45, 2.75) is 83.3 Å². The highest BCUT2D eigenvalue weighted by atomic mass is 16.3. The van der Waals surface area contributed by atoms with Gasteiger partial charge in [-0.3, -0.25) is 14.5 Å². The van der Waals surface area contributed by atoms with E-state index in [1.165, 1.54) is 0 Å². The third kappa shape index (κ3) is 6.19. The smallest absolute Gasteiger partial charge is 0.234 e. The van der Waals surface area contributed by atoms with Gasteiger partial charge in [-0.2, -0.15) is 0 Å². The molecule has 1 saturated heterocycles. The summed E-state index contributed by atoms with van der Waals surface area (Å²) < 4.78 is 0. The topological polar surface area (TPSA) is 98.1 Å². The Morgan fingerprint density at radius 1 is 1.00 bits per heavy atom. The average Bonchev–Trinajstić information content (AvgIpc) is 3.25. The van der Waals surface area contributed by atoms with Crippen LogP contribution in [0.4, 0.5) is 0 Å². The lowest BCUT2D eigenvalue weighted by molar-refractivity contribution is -0.143. The molecule has 218 valence electrons. The van der Waals surface area contributed by atoms with Crippen LogP contribution in [-0.2, 0) is 9.59 Å². The van der Waals surface area contributed by atoms with E-state index >= 15 is 0 Å². The van der Waals surface area contributed by atoms with Crippen molar-refractivity contribution >= 4 is 23.5 Å². The van der Waals surface area contributed by atoms with E-state index in [1.54, 1.807) is 17.0 Å². The number of allylic oxidation sites excluding steroid dienone is 2. The van der Waals surface area contributed by atoms with Crippen LogP contribution in [0, 0.1) is 17.8 Å². The number of benzene rings is 2. The van der Waals surface area contributed by atoms with E-state index < -0.39 is 23.9 Å². The van der Waals surface area contributed by atoms with Crippen LogP contribution in [0.15, 0.2) is 65.7 Å². The third-order valence-electron chi connectivity index (χ3n) is 9.33. The number of carbonyl (C=O) groups is 2. The molecule has 6 nitrogen and oxygen atoms in total. The Hall–Kier alpha value is -3.22. The number of amides is 2. The van der Waals surface area contributed by atoms with Crippen molar-refractivity contribution in [1.82, 2.24) is 4.90 Å². The minimum atomic E-state index is -0.826. The lowest BCUT2D eigenvalue weighted by Crippen LogP contribution is -2.42. The van der Waals surface area contributed by atoms with Crippen LogP contribution < -0.4 is 0 Å². The lowest BCUT2D eigenvalue weighted by atomic mass is 9.67. The monoisotopic (exact) mass is 557 g/mol. The molecule has 4 atom stereocenters. The second-order valence-corrected chi connectivity index (χ2v) is 12.0. The van der Waals surface area contributed by atoms with Crippen LogP contribution in [-0.4, -0.2) is 50.8 Å². The molecule has 2 aliphatic carbocycles. The van der Waals surface area contributed by atoms with E-state index in [1.807, 2.05) is 42.5 Å². The Morgan fingerprint density at radius 3 is 2.37 bits per heavy atom. The minimum absolute atomic E-state index is 0.0323. The van der Waals surface area contributed by atoms with Gasteiger partial charge >= 0.3 is 0 Å². The molecule has 0 bridgehead atoms. The summed E-state index contributed by atoms with van der Waals surface area (Å²) in [5.41, 5.74) is 4.87. The molecule has 1 aliphatic heterocycles. The molecule has 5 rings (SSSR count). The van der Waals surface area contributed by atoms with Gasteiger partial charge in [0, 0.05) is 12.0 Å². The number of hydrogen-bond donors (Lipinski definition) is 3. The number of phenols is 1. The molecule has 41 heavy (non-hydrogen) atoms. The van der Waals surface area contributed by atoms with Crippen LogP contribution in [0.25, 0.3) is 11.6 Å². The molecule has 6 heteroatoms. The highest BCUT2D eigenvalue weighted by Crippen LogP contribution is 2.48. The summed E-state index contributed by atoms with van der Waals surface area (Å²) in [7, 11) is 0. The molecule has 0 radical (unpaired) electrons. The van der Waals surface area contributed by atoms with Gasteiger partial charge < -0.3 is 15.3 Å². The summed E-state index contributed by atoms with van der Waals surface area (Å²) in [6.45, 7) is 1.83. The fraction of sp³-hybridized carbons (Fsp3) is 0.486. The van der Waals surface area contributed by atoms with Crippen molar-refractivity contribution in [1.29, 1.82) is 0 Å². The molecule has 2 fully saturated rings. The van der Waals surface area contributed by atoms with Crippen molar-refractivity contribution in [3.63, 3.8) is 0 Å². The number of aromatic hydroxyl groups is 1. The highest BCUT2D eigenvalue weighted by Gasteiger charge is 2.56. The van der Waals surface area contributed by atoms with Crippen molar-refractivity contribution in [3.8, 4) is 5.75 Å². The van der Waals surface area contributed by atoms with Gasteiger partial charge in [0.15, 0.2) is 0 Å². The van der Waals surface area contributed by atoms with Gasteiger partial charge in [-0.1, -0.05) is 86.7 Å². The maximum Gasteiger partial charge on any atom is 0.234 e. The molecule has 3 aliphatic rings. The Morgan fingerprint density at radius 2 is 1.71 bits per heavy atom. The third-order valence-corrected chi connectivity index (χ3v) is 9.33. The first-order valence-electron chi connectivity index (χ1n) is 15.4. The van der Waals surface area contributed by atoms with Crippen LogP contribution in [0.1, 0.15) is 82.3 Å². The number of fused-ring (bicyclic) bond motifs is 1. The zero-order valence-corrected chi connectivity index (χ0v) is 24.0. The maximum atomic E-state index is 13.8. The second-order valence-electron chi connectivity index (χ2n) is 12.0. The number of aliphatic hydroxyl groups excluding tert-OH is 2. The molecule has 0 spiro atoms. The van der Waals surface area contributed by atoms with E-state index in [0.717, 1.165) is 72.8 Å². The zero-order valence-electron chi connectivity index (χ0n) is 24.0. The van der Waals surface area contributed by atoms with Crippen molar-refractivity contribution in [2.24, 2.45) is 17.8 Å².